The lowest BCUT2D eigenvalue weighted by molar-refractivity contribution is -0.123. The largest absolute Gasteiger partial charge is 0.460 e. The van der Waals surface area contributed by atoms with Gasteiger partial charge >= 0.3 is 10.1 Å². The van der Waals surface area contributed by atoms with Crippen molar-refractivity contribution in [2.75, 3.05) is 0 Å². The van der Waals surface area contributed by atoms with Gasteiger partial charge in [0.25, 0.3) is 0 Å². The molecule has 2 N–H and O–H groups in total. The summed E-state index contributed by atoms with van der Waals surface area (Å²) in [4.78, 5) is 12.8. The van der Waals surface area contributed by atoms with Crippen LogP contribution < -0.4 is 5.73 Å². The van der Waals surface area contributed by atoms with Gasteiger partial charge in [-0.15, -0.1) is 0 Å². The topological polar surface area (TPSA) is 95.7 Å². The number of aryl methyl sites for hydroxylation is 1. The van der Waals surface area contributed by atoms with Crippen LogP contribution in [0.25, 0.3) is 0 Å². The summed E-state index contributed by atoms with van der Waals surface area (Å²) in [5.74, 6) is -2.75. The lowest BCUT2D eigenvalue weighted by atomic mass is 10.0. The van der Waals surface area contributed by atoms with Crippen molar-refractivity contribution in [3.8, 4) is 0 Å². The Bertz CT molecular complexity index is 1070. The second-order valence-electron chi connectivity index (χ2n) is 5.27. The number of rotatable bonds is 5. The minimum Gasteiger partial charge on any atom is -0.460 e. The van der Waals surface area contributed by atoms with Gasteiger partial charge in [0.2, 0.25) is 17.4 Å². The molecule has 0 aliphatic carbocycles. The molecule has 0 saturated carbocycles. The van der Waals surface area contributed by atoms with Crippen LogP contribution in [0.3, 0.4) is 0 Å². The SMILES string of the molecule is [2H]C([2H])(c1ccccc1)S(=O)(=O)OC1=C(N)O[C@]([2H])(c2ccccc2C)C1=O. The van der Waals surface area contributed by atoms with Crippen molar-refractivity contribution in [2.45, 2.75) is 18.7 Å². The zero-order valence-corrected chi connectivity index (χ0v) is 14.0. The molecule has 25 heavy (non-hydrogen) atoms. The number of ether oxygens (including phenoxy) is 1. The Balaban J connectivity index is 1.96. The van der Waals surface area contributed by atoms with Gasteiger partial charge in [-0.1, -0.05) is 54.6 Å². The third kappa shape index (κ3) is 3.66. The zero-order chi connectivity index (χ0) is 20.7. The van der Waals surface area contributed by atoms with Crippen LogP contribution >= 0.6 is 0 Å². The van der Waals surface area contributed by atoms with E-state index in [1.54, 1.807) is 31.2 Å². The second kappa shape index (κ2) is 6.60. The number of carbonyl (C=O) groups is 1. The standard InChI is InChI=1S/C18H17NO5S/c1-12-7-5-6-10-14(12)16-15(20)17(18(19)23-16)24-25(21,22)11-13-8-3-2-4-9-13/h2-10,16H,11,19H2,1H3/t16-/m1/s1/i11D2,16D. The summed E-state index contributed by atoms with van der Waals surface area (Å²) in [5.41, 5.74) is 3.21. The van der Waals surface area contributed by atoms with E-state index in [4.69, 9.17) is 18.8 Å². The highest BCUT2D eigenvalue weighted by Gasteiger charge is 2.40. The highest BCUT2D eigenvalue weighted by molar-refractivity contribution is 7.86. The van der Waals surface area contributed by atoms with Gasteiger partial charge in [-0.2, -0.15) is 8.42 Å². The first-order chi connectivity index (χ1) is 13.0. The van der Waals surface area contributed by atoms with Crippen LogP contribution in [0, 0.1) is 6.92 Å². The smallest absolute Gasteiger partial charge is 0.313 e. The van der Waals surface area contributed by atoms with E-state index in [-0.39, 0.29) is 11.1 Å². The lowest BCUT2D eigenvalue weighted by Gasteiger charge is -2.12. The molecule has 0 bridgehead atoms. The molecule has 1 aliphatic heterocycles. The number of Topliss-reactive ketones (excluding diaryl/α,β-unsaturated/α-hetero) is 1. The van der Waals surface area contributed by atoms with Crippen molar-refractivity contribution in [2.24, 2.45) is 5.73 Å². The normalized spacial score (nSPS) is 22.8. The summed E-state index contributed by atoms with van der Waals surface area (Å²) >= 11 is 0. The Kier molecular flexibility index (Phi) is 3.56. The maximum absolute atomic E-state index is 12.8. The van der Waals surface area contributed by atoms with Gasteiger partial charge in [0.15, 0.2) is 6.08 Å². The molecule has 1 heterocycles. The minimum atomic E-state index is -4.99. The molecule has 6 nitrogen and oxygen atoms in total. The van der Waals surface area contributed by atoms with Crippen molar-refractivity contribution >= 4 is 15.9 Å². The fourth-order valence-corrected chi connectivity index (χ4v) is 3.13. The lowest BCUT2D eigenvalue weighted by Crippen LogP contribution is -2.16. The van der Waals surface area contributed by atoms with Crippen molar-refractivity contribution in [3.63, 3.8) is 0 Å². The van der Waals surface area contributed by atoms with Crippen molar-refractivity contribution < 1.29 is 26.2 Å². The van der Waals surface area contributed by atoms with Crippen LogP contribution in [-0.4, -0.2) is 14.2 Å². The highest BCUT2D eigenvalue weighted by atomic mass is 32.2. The minimum absolute atomic E-state index is 0.171. The number of benzene rings is 2. The summed E-state index contributed by atoms with van der Waals surface area (Å²) in [6.45, 7) is 1.65. The molecule has 2 aromatic rings. The zero-order valence-electron chi connectivity index (χ0n) is 16.2. The van der Waals surface area contributed by atoms with Gasteiger partial charge in [0.1, 0.15) is 5.70 Å². The van der Waals surface area contributed by atoms with Gasteiger partial charge in [-0.3, -0.25) is 4.79 Å². The number of ketones is 1. The first kappa shape index (κ1) is 13.5. The molecule has 0 radical (unpaired) electrons. The van der Waals surface area contributed by atoms with Gasteiger partial charge in [0.05, 0.1) is 4.11 Å². The van der Waals surface area contributed by atoms with Crippen LogP contribution in [0.5, 0.6) is 0 Å². The Morgan fingerprint density at radius 1 is 1.20 bits per heavy atom. The number of hydrogen-bond donors (Lipinski definition) is 1. The van der Waals surface area contributed by atoms with Crippen LogP contribution in [-0.2, 0) is 29.5 Å². The second-order valence-corrected chi connectivity index (χ2v) is 6.55. The third-order valence-electron chi connectivity index (χ3n) is 3.45. The van der Waals surface area contributed by atoms with Gasteiger partial charge in [-0.05, 0) is 18.1 Å². The first-order valence-corrected chi connectivity index (χ1v) is 8.71. The van der Waals surface area contributed by atoms with Crippen molar-refractivity contribution in [1.29, 1.82) is 0 Å². The highest BCUT2D eigenvalue weighted by Crippen LogP contribution is 2.34. The molecular weight excluding hydrogens is 342 g/mol. The summed E-state index contributed by atoms with van der Waals surface area (Å²) in [7, 11) is -4.99. The molecule has 3 rings (SSSR count). The summed E-state index contributed by atoms with van der Waals surface area (Å²) in [6.07, 6.45) is -2.32. The predicted octanol–water partition coefficient (Wildman–Crippen LogP) is 2.31. The molecule has 0 aromatic heterocycles. The number of carbonyl (C=O) groups excluding carboxylic acids is 1. The van der Waals surface area contributed by atoms with E-state index in [1.165, 1.54) is 30.3 Å². The van der Waals surface area contributed by atoms with E-state index in [9.17, 15) is 13.2 Å². The maximum atomic E-state index is 12.8. The Labute approximate surface area is 150 Å². The third-order valence-corrected chi connectivity index (χ3v) is 4.32. The average Bonchev–Trinajstić information content (AvgIpc) is 2.86. The monoisotopic (exact) mass is 362 g/mol. The summed E-state index contributed by atoms with van der Waals surface area (Å²) in [6, 6.07) is 13.5. The van der Waals surface area contributed by atoms with E-state index in [0.29, 0.717) is 5.56 Å². The molecule has 7 heteroatoms. The van der Waals surface area contributed by atoms with Crippen molar-refractivity contribution in [1.82, 2.24) is 0 Å². The molecule has 0 fully saturated rings. The van der Waals surface area contributed by atoms with Crippen molar-refractivity contribution in [3.05, 3.63) is 82.9 Å². The predicted molar refractivity (Wildman–Crippen MR) is 91.4 cm³/mol. The molecule has 0 saturated heterocycles. The molecule has 0 unspecified atom stereocenters. The van der Waals surface area contributed by atoms with E-state index in [2.05, 4.69) is 0 Å². The summed E-state index contributed by atoms with van der Waals surface area (Å²) < 4.78 is 59.3. The van der Waals surface area contributed by atoms with E-state index >= 15 is 0 Å². The molecule has 1 atom stereocenters. The molecule has 130 valence electrons. The van der Waals surface area contributed by atoms with Crippen LogP contribution in [0.1, 0.15) is 26.9 Å². The first-order valence-electron chi connectivity index (χ1n) is 8.80. The Hall–Kier alpha value is -2.80. The Morgan fingerprint density at radius 3 is 2.52 bits per heavy atom. The number of hydrogen-bond acceptors (Lipinski definition) is 6. The summed E-state index contributed by atoms with van der Waals surface area (Å²) in [5, 5.41) is 0. The average molecular weight is 362 g/mol. The fourth-order valence-electron chi connectivity index (χ4n) is 2.28. The van der Waals surface area contributed by atoms with E-state index < -0.39 is 39.3 Å². The molecule has 2 aromatic carbocycles. The molecule has 0 amide bonds. The van der Waals surface area contributed by atoms with Crippen LogP contribution in [0.15, 0.2) is 66.2 Å². The molecule has 0 spiro atoms. The van der Waals surface area contributed by atoms with Gasteiger partial charge < -0.3 is 14.7 Å². The molecular formula is C18H17NO5S. The maximum Gasteiger partial charge on any atom is 0.313 e. The van der Waals surface area contributed by atoms with E-state index in [0.717, 1.165) is 0 Å². The molecule has 1 aliphatic rings. The fraction of sp³-hybridized carbons (Fsp3) is 0.167. The van der Waals surface area contributed by atoms with Crippen LogP contribution in [0.4, 0.5) is 0 Å². The Morgan fingerprint density at radius 2 is 1.84 bits per heavy atom. The van der Waals surface area contributed by atoms with Crippen LogP contribution in [0.2, 0.25) is 0 Å². The van der Waals surface area contributed by atoms with E-state index in [1.807, 2.05) is 0 Å². The van der Waals surface area contributed by atoms with Gasteiger partial charge in [-0.25, -0.2) is 0 Å². The number of nitrogens with two attached hydrogens (primary N) is 1. The quantitative estimate of drug-likeness (QED) is 0.820. The van der Waals surface area contributed by atoms with Gasteiger partial charge in [0, 0.05) is 5.56 Å².